The lowest BCUT2D eigenvalue weighted by Crippen LogP contribution is -2.42. The molecule has 7 aromatic rings. The molecule has 0 saturated carbocycles. The molecule has 0 aromatic heterocycles. The SMILES string of the molecule is CCN1CCN=Cc2ccc(cc2)C(=O)NCCN(CCNC)CCNC(=O)c2ccc(cc2)C=NCCN(CCNC)CCN=Cc2ccc(cc2)C(=O)NCCN(CCNC)CCNC(=O)c2ccc(cc2)C=NCCN(CCNC)CCN=Cc2ccc(cc2)C(=O)NCCN(CCNC)CCNC(=O)c2ccc(cc2)CNCC1.NCCN(CCN)CCN.O=Cc1ccc(C(=O)O)cc1. The van der Waals surface area contributed by atoms with Crippen LogP contribution in [0.3, 0.4) is 0 Å². The van der Waals surface area contributed by atoms with Crippen molar-refractivity contribution in [2.75, 3.05) is 304 Å². The Morgan fingerprint density at radius 1 is 0.338 bits per heavy atom. The highest BCUT2D eigenvalue weighted by atomic mass is 16.4. The fourth-order valence-electron chi connectivity index (χ4n) is 14.3. The summed E-state index contributed by atoms with van der Waals surface area (Å²) >= 11 is 0. The lowest BCUT2D eigenvalue weighted by Gasteiger charge is -2.22. The van der Waals surface area contributed by atoms with E-state index in [4.69, 9.17) is 47.3 Å². The Kier molecular flexibility index (Phi) is 60.5. The molecule has 0 saturated heterocycles. The third kappa shape index (κ3) is 50.1. The van der Waals surface area contributed by atoms with Crippen molar-refractivity contribution in [2.24, 2.45) is 42.2 Å². The van der Waals surface area contributed by atoms with Crippen LogP contribution in [0.4, 0.5) is 0 Å². The number of aliphatic imine (C=N–C) groups is 5. The van der Waals surface area contributed by atoms with E-state index in [9.17, 15) is 38.4 Å². The Labute approximate surface area is 823 Å². The molecule has 10 aliphatic rings. The van der Waals surface area contributed by atoms with Gasteiger partial charge in [0.1, 0.15) is 6.29 Å². The molecule has 10 aliphatic heterocycles. The number of nitrogens with zero attached hydrogens (tertiary/aromatic N) is 12. The lowest BCUT2D eigenvalue weighted by molar-refractivity contribution is 0.0694. The predicted molar refractivity (Wildman–Crippen MR) is 563 cm³/mol. The maximum absolute atomic E-state index is 13.3. The van der Waals surface area contributed by atoms with Crippen molar-refractivity contribution in [3.05, 3.63) is 248 Å². The van der Waals surface area contributed by atoms with Crippen LogP contribution < -0.4 is 81.0 Å². The minimum atomic E-state index is -0.984. The molecule has 0 radical (unpaired) electrons. The van der Waals surface area contributed by atoms with Gasteiger partial charge in [0.15, 0.2) is 0 Å². The molecule has 10 heterocycles. The summed E-state index contributed by atoms with van der Waals surface area (Å²) in [6.45, 7) is 31.1. The van der Waals surface area contributed by atoms with Crippen LogP contribution in [0.1, 0.15) is 123 Å². The number of aldehydes is 1. The Bertz CT molecular complexity index is 4730. The summed E-state index contributed by atoms with van der Waals surface area (Å²) in [7, 11) is 9.60. The molecule has 7 aromatic carbocycles. The number of amides is 6. The molecule has 0 fully saturated rings. The van der Waals surface area contributed by atoms with Crippen LogP contribution in [0.2, 0.25) is 0 Å². The molecule has 756 valence electrons. The molecule has 6 amide bonds. The smallest absolute Gasteiger partial charge is 0.335 e. The molecule has 17 rings (SSSR count). The lowest BCUT2D eigenvalue weighted by atomic mass is 10.1. The summed E-state index contributed by atoms with van der Waals surface area (Å²) in [5.74, 6) is -1.90. The van der Waals surface area contributed by atoms with Gasteiger partial charge in [0.25, 0.3) is 35.4 Å². The molecule has 0 spiro atoms. The first-order valence-corrected chi connectivity index (χ1v) is 48.5. The van der Waals surface area contributed by atoms with Crippen molar-refractivity contribution in [1.82, 2.24) is 98.1 Å². The Morgan fingerprint density at radius 2 is 0.568 bits per heavy atom. The first-order valence-electron chi connectivity index (χ1n) is 48.5. The average Bonchev–Trinajstić information content (AvgIpc) is 0.900. The molecule has 139 heavy (non-hydrogen) atoms. The van der Waals surface area contributed by atoms with E-state index < -0.39 is 5.97 Å². The summed E-state index contributed by atoms with van der Waals surface area (Å²) in [4.78, 5) is 139. The van der Waals surface area contributed by atoms with Gasteiger partial charge in [-0.25, -0.2) is 4.79 Å². The third-order valence-electron chi connectivity index (χ3n) is 22.7. The minimum absolute atomic E-state index is 0.133. The van der Waals surface area contributed by atoms with Crippen molar-refractivity contribution in [2.45, 2.75) is 13.5 Å². The second-order valence-electron chi connectivity index (χ2n) is 33.1. The molecule has 12 bridgehead atoms. The summed E-state index contributed by atoms with van der Waals surface area (Å²) < 4.78 is 0. The normalized spacial score (nSPS) is 16.2. The van der Waals surface area contributed by atoms with Gasteiger partial charge in [0, 0.05) is 306 Å². The topological polar surface area (TPSA) is 464 Å². The first kappa shape index (κ1) is 116. The first-order chi connectivity index (χ1) is 67.8. The van der Waals surface area contributed by atoms with Crippen LogP contribution in [0.25, 0.3) is 0 Å². The second-order valence-corrected chi connectivity index (χ2v) is 33.1. The zero-order valence-corrected chi connectivity index (χ0v) is 82.6. The fourth-order valence-corrected chi connectivity index (χ4v) is 14.3. The molecular formula is C103H155N27O9. The van der Waals surface area contributed by atoms with Crippen molar-refractivity contribution in [3.63, 3.8) is 0 Å². The van der Waals surface area contributed by atoms with Gasteiger partial charge in [-0.3, -0.25) is 87.9 Å². The largest absolute Gasteiger partial charge is 0.478 e. The number of aromatic carboxylic acids is 1. The summed E-state index contributed by atoms with van der Waals surface area (Å²) in [5.41, 5.74) is 25.8. The monoisotopic (exact) mass is 1910 g/mol. The third-order valence-corrected chi connectivity index (χ3v) is 22.7. The van der Waals surface area contributed by atoms with E-state index in [1.807, 2.05) is 212 Å². The minimum Gasteiger partial charge on any atom is -0.478 e. The van der Waals surface area contributed by atoms with E-state index in [0.717, 1.165) is 171 Å². The van der Waals surface area contributed by atoms with E-state index in [1.165, 1.54) is 24.3 Å². The van der Waals surface area contributed by atoms with Crippen LogP contribution in [0.5, 0.6) is 0 Å². The highest BCUT2D eigenvalue weighted by molar-refractivity contribution is 5.98. The van der Waals surface area contributed by atoms with Crippen LogP contribution >= 0.6 is 0 Å². The molecule has 0 aliphatic carbocycles. The van der Waals surface area contributed by atoms with Gasteiger partial charge >= 0.3 is 5.97 Å². The zero-order valence-electron chi connectivity index (χ0n) is 82.6. The van der Waals surface area contributed by atoms with Crippen molar-refractivity contribution < 1.29 is 43.5 Å². The molecule has 0 unspecified atom stereocenters. The summed E-state index contributed by atoms with van der Waals surface area (Å²) in [6, 6.07) is 50.6. The number of carboxylic acids is 1. The van der Waals surface area contributed by atoms with E-state index in [1.54, 1.807) is 0 Å². The van der Waals surface area contributed by atoms with Gasteiger partial charge in [0.05, 0.1) is 38.3 Å². The molecule has 0 atom stereocenters. The second kappa shape index (κ2) is 72.5. The van der Waals surface area contributed by atoms with Crippen LogP contribution in [0, 0.1) is 0 Å². The number of rotatable bonds is 24. The number of nitrogens with one attached hydrogen (secondary N) is 12. The Hall–Kier alpha value is -11.8. The van der Waals surface area contributed by atoms with Crippen molar-refractivity contribution >= 4 is 78.8 Å². The Balaban J connectivity index is 0.00000125. The van der Waals surface area contributed by atoms with Gasteiger partial charge in [0.2, 0.25) is 0 Å². The highest BCUT2D eigenvalue weighted by Crippen LogP contribution is 2.12. The quantitative estimate of drug-likeness (QED) is 0.0385. The predicted octanol–water partition coefficient (Wildman–Crippen LogP) is 2.05. The molecule has 19 N–H and O–H groups in total. The highest BCUT2D eigenvalue weighted by Gasteiger charge is 2.17. The number of carbonyl (C=O) groups is 8. The standard InChI is InChI=1S/C89H131N23O6.C8H6O3.C6H18N4/c1-7-107-54-37-95-66-72-8-20-78(21-9-72)84(113)101-43-60-110(51-34-92-4)62-45-103-86(115)80-24-12-74(13-25-80)68-97-39-56-108(49-32-90-2)58-41-99-70-76-16-28-82(29-17-76)88(117)105-47-64-112(53-36-94-6)65-48-106-89(118)83-30-18-77(19-31-83)71-100-42-59-109(50-33-91-3)57-40-98-69-75-14-26-81(27-15-75)87(116)104-46-63-111(52-35-93-5)61-44-102-85(114)79-22-10-73(11-23-79)67-96-38-55-107;9-5-6-1-3-7(4-2-6)8(10)11;7-1-4-10(5-2-8)6-3-9/h8-31,66,68-71,90-94,96H,7,32-65,67H2,1-6H3,(H,101,113)(H,102,114)(H,103,115)(H,104,116)(H,105,117)(H,106,118);1-5H,(H,10,11);1-9H2. The van der Waals surface area contributed by atoms with Crippen molar-refractivity contribution in [3.8, 4) is 0 Å². The fraction of sp³-hybridized carbons (Fsp3) is 0.466. The number of benzene rings is 7. The van der Waals surface area contributed by atoms with Crippen molar-refractivity contribution in [1.29, 1.82) is 0 Å². The number of carboxylic acid groups (broad SMARTS) is 1. The maximum atomic E-state index is 13.3. The molecular weight excluding hydrogens is 1760 g/mol. The summed E-state index contributed by atoms with van der Waals surface area (Å²) in [6.07, 6.45) is 9.88. The van der Waals surface area contributed by atoms with E-state index in [-0.39, 0.29) is 41.0 Å². The number of nitrogens with two attached hydrogens (primary N) is 3. The Morgan fingerprint density at radius 3 is 0.791 bits per heavy atom. The van der Waals surface area contributed by atoms with E-state index >= 15 is 0 Å². The molecule has 36 nitrogen and oxygen atoms in total. The number of likely N-dealkylation sites (N-methyl/N-ethyl adjacent to an activating group) is 6. The van der Waals surface area contributed by atoms with E-state index in [0.29, 0.717) is 183 Å². The zero-order chi connectivity index (χ0) is 99.9. The van der Waals surface area contributed by atoms with E-state index in [2.05, 4.69) is 105 Å². The van der Waals surface area contributed by atoms with Crippen LogP contribution in [-0.4, -0.2) is 422 Å². The van der Waals surface area contributed by atoms with Gasteiger partial charge in [-0.15, -0.1) is 0 Å². The van der Waals surface area contributed by atoms with Crippen LogP contribution in [-0.2, 0) is 6.54 Å². The number of hydrogen-bond acceptors (Lipinski definition) is 29. The van der Waals surface area contributed by atoms with Gasteiger partial charge in [-0.1, -0.05) is 91.9 Å². The average molecular weight is 1920 g/mol. The number of hydrogen-bond donors (Lipinski definition) is 16. The number of carbonyl (C=O) groups excluding carboxylic acids is 7. The van der Waals surface area contributed by atoms with Gasteiger partial charge < -0.3 is 91.0 Å². The van der Waals surface area contributed by atoms with Crippen LogP contribution in [0.15, 0.2) is 195 Å². The maximum Gasteiger partial charge on any atom is 0.335 e. The summed E-state index contributed by atoms with van der Waals surface area (Å²) in [5, 5.41) is 46.5. The van der Waals surface area contributed by atoms with Gasteiger partial charge in [-0.05, 0) is 160 Å². The van der Waals surface area contributed by atoms with Gasteiger partial charge in [-0.2, -0.15) is 0 Å². The molecule has 36 heteroatoms.